The maximum Gasteiger partial charge on any atom is 0.339 e. The zero-order chi connectivity index (χ0) is 13.1. The number of carbonyl (C=O) groups excluding carboxylic acids is 1. The fraction of sp³-hybridized carbons (Fsp3) is 0.417. The van der Waals surface area contributed by atoms with Gasteiger partial charge in [0.2, 0.25) is 0 Å². The summed E-state index contributed by atoms with van der Waals surface area (Å²) in [4.78, 5) is 11.5. The van der Waals surface area contributed by atoms with Crippen molar-refractivity contribution in [3.63, 3.8) is 0 Å². The highest BCUT2D eigenvalue weighted by Crippen LogP contribution is 2.40. The molecule has 1 aromatic rings. The molecule has 0 saturated heterocycles. The summed E-state index contributed by atoms with van der Waals surface area (Å²) in [6, 6.07) is 2.63. The van der Waals surface area contributed by atoms with Gasteiger partial charge in [0.15, 0.2) is 17.6 Å². The van der Waals surface area contributed by atoms with Crippen molar-refractivity contribution in [2.45, 2.75) is 13.0 Å². The van der Waals surface area contributed by atoms with Crippen LogP contribution in [0, 0.1) is 0 Å². The van der Waals surface area contributed by atoms with E-state index >= 15 is 0 Å². The van der Waals surface area contributed by atoms with Crippen molar-refractivity contribution >= 4 is 5.97 Å². The zero-order valence-corrected chi connectivity index (χ0v) is 9.88. The van der Waals surface area contributed by atoms with E-state index in [1.54, 1.807) is 6.92 Å². The summed E-state index contributed by atoms with van der Waals surface area (Å²) in [7, 11) is 0. The summed E-state index contributed by atoms with van der Waals surface area (Å²) in [5.41, 5.74) is 0.142. The predicted octanol–water partition coefficient (Wildman–Crippen LogP) is 0.760. The van der Waals surface area contributed by atoms with Gasteiger partial charge in [-0.15, -0.1) is 0 Å². The number of hydrogen-bond donors (Lipinski definition) is 2. The molecule has 1 aromatic carbocycles. The van der Waals surface area contributed by atoms with E-state index in [9.17, 15) is 15.0 Å². The number of fused-ring (bicyclic) bond motifs is 1. The minimum atomic E-state index is -1.51. The molecule has 0 saturated carbocycles. The topological polar surface area (TPSA) is 85.2 Å². The van der Waals surface area contributed by atoms with Gasteiger partial charge in [-0.2, -0.15) is 0 Å². The van der Waals surface area contributed by atoms with Crippen molar-refractivity contribution < 1.29 is 29.2 Å². The van der Waals surface area contributed by atoms with E-state index < -0.39 is 12.1 Å². The van der Waals surface area contributed by atoms with Crippen LogP contribution in [0.5, 0.6) is 17.2 Å². The van der Waals surface area contributed by atoms with Crippen LogP contribution in [-0.2, 0) is 9.53 Å². The lowest BCUT2D eigenvalue weighted by Gasteiger charge is -2.22. The van der Waals surface area contributed by atoms with Crippen molar-refractivity contribution in [2.75, 3.05) is 19.8 Å². The molecule has 0 fully saturated rings. The van der Waals surface area contributed by atoms with E-state index in [4.69, 9.17) is 14.2 Å². The molecule has 18 heavy (non-hydrogen) atoms. The van der Waals surface area contributed by atoms with Gasteiger partial charge >= 0.3 is 5.97 Å². The number of rotatable bonds is 3. The van der Waals surface area contributed by atoms with Crippen molar-refractivity contribution in [1.29, 1.82) is 0 Å². The minimum Gasteiger partial charge on any atom is -0.508 e. The third kappa shape index (κ3) is 2.33. The second-order valence-corrected chi connectivity index (χ2v) is 3.71. The molecule has 1 unspecified atom stereocenters. The van der Waals surface area contributed by atoms with Gasteiger partial charge in [0, 0.05) is 11.6 Å². The Hall–Kier alpha value is -1.95. The molecule has 2 rings (SSSR count). The molecule has 0 radical (unpaired) electrons. The van der Waals surface area contributed by atoms with Gasteiger partial charge in [0.25, 0.3) is 0 Å². The fourth-order valence-corrected chi connectivity index (χ4v) is 1.72. The Bertz CT molecular complexity index is 456. The van der Waals surface area contributed by atoms with Crippen molar-refractivity contribution in [3.8, 4) is 17.2 Å². The standard InChI is InChI=1S/C12H14O6/c1-2-16-12(15)10(14)8-5-7(13)6-9-11(8)18-4-3-17-9/h5-6,10,13-14H,2-4H2,1H3. The van der Waals surface area contributed by atoms with Crippen molar-refractivity contribution in [1.82, 2.24) is 0 Å². The Morgan fingerprint density at radius 1 is 1.44 bits per heavy atom. The quantitative estimate of drug-likeness (QED) is 0.774. The van der Waals surface area contributed by atoms with E-state index in [0.717, 1.165) is 0 Å². The summed E-state index contributed by atoms with van der Waals surface area (Å²) < 4.78 is 15.4. The first-order valence-corrected chi connectivity index (χ1v) is 5.60. The van der Waals surface area contributed by atoms with Crippen LogP contribution in [-0.4, -0.2) is 36.0 Å². The number of phenols is 1. The van der Waals surface area contributed by atoms with E-state index in [-0.39, 0.29) is 23.7 Å². The molecular formula is C12H14O6. The normalized spacial score (nSPS) is 15.0. The van der Waals surface area contributed by atoms with Crippen LogP contribution in [0.3, 0.4) is 0 Å². The molecule has 6 heteroatoms. The molecule has 0 aromatic heterocycles. The van der Waals surface area contributed by atoms with Crippen LogP contribution in [0.25, 0.3) is 0 Å². The second kappa shape index (κ2) is 5.14. The third-order valence-corrected chi connectivity index (χ3v) is 2.46. The van der Waals surface area contributed by atoms with Crippen LogP contribution in [0.1, 0.15) is 18.6 Å². The molecule has 1 aliphatic heterocycles. The Labute approximate surface area is 104 Å². The van der Waals surface area contributed by atoms with Gasteiger partial charge in [-0.3, -0.25) is 0 Å². The molecule has 0 bridgehead atoms. The Morgan fingerprint density at radius 2 is 2.17 bits per heavy atom. The van der Waals surface area contributed by atoms with E-state index in [1.165, 1.54) is 12.1 Å². The molecule has 1 heterocycles. The van der Waals surface area contributed by atoms with Gasteiger partial charge < -0.3 is 24.4 Å². The highest BCUT2D eigenvalue weighted by molar-refractivity contribution is 5.78. The zero-order valence-electron chi connectivity index (χ0n) is 9.88. The number of benzene rings is 1. The number of phenolic OH excluding ortho intramolecular Hbond substituents is 1. The highest BCUT2D eigenvalue weighted by atomic mass is 16.6. The SMILES string of the molecule is CCOC(=O)C(O)c1cc(O)cc2c1OCCO2. The first-order chi connectivity index (χ1) is 8.63. The lowest BCUT2D eigenvalue weighted by Crippen LogP contribution is -2.20. The first kappa shape index (κ1) is 12.5. The number of hydrogen-bond acceptors (Lipinski definition) is 6. The maximum absolute atomic E-state index is 11.5. The molecule has 0 amide bonds. The number of aromatic hydroxyl groups is 1. The molecular weight excluding hydrogens is 240 g/mol. The Kier molecular flexibility index (Phi) is 3.57. The largest absolute Gasteiger partial charge is 0.508 e. The average molecular weight is 254 g/mol. The van der Waals surface area contributed by atoms with Crippen LogP contribution < -0.4 is 9.47 Å². The minimum absolute atomic E-state index is 0.113. The summed E-state index contributed by atoms with van der Waals surface area (Å²) >= 11 is 0. The molecule has 0 aliphatic carbocycles. The number of esters is 1. The van der Waals surface area contributed by atoms with Gasteiger partial charge in [-0.25, -0.2) is 4.79 Å². The predicted molar refractivity (Wildman–Crippen MR) is 60.7 cm³/mol. The van der Waals surface area contributed by atoms with Crippen molar-refractivity contribution in [2.24, 2.45) is 0 Å². The molecule has 6 nitrogen and oxygen atoms in total. The Balaban J connectivity index is 2.37. The summed E-state index contributed by atoms with van der Waals surface area (Å²) in [5.74, 6) is -0.337. The molecule has 98 valence electrons. The Morgan fingerprint density at radius 3 is 2.89 bits per heavy atom. The number of aliphatic hydroxyl groups is 1. The van der Waals surface area contributed by atoms with Crippen LogP contribution >= 0.6 is 0 Å². The molecule has 0 spiro atoms. The second-order valence-electron chi connectivity index (χ2n) is 3.71. The number of aliphatic hydroxyl groups excluding tert-OH is 1. The lowest BCUT2D eigenvalue weighted by atomic mass is 10.1. The lowest BCUT2D eigenvalue weighted by molar-refractivity contribution is -0.153. The van der Waals surface area contributed by atoms with Gasteiger partial charge in [0.05, 0.1) is 6.61 Å². The summed E-state index contributed by atoms with van der Waals surface area (Å²) in [6.45, 7) is 2.47. The molecule has 1 atom stereocenters. The van der Waals surface area contributed by atoms with Crippen LogP contribution in [0.4, 0.5) is 0 Å². The maximum atomic E-state index is 11.5. The number of ether oxygens (including phenoxy) is 3. The first-order valence-electron chi connectivity index (χ1n) is 5.60. The van der Waals surface area contributed by atoms with Crippen LogP contribution in [0.2, 0.25) is 0 Å². The molecule has 1 aliphatic rings. The van der Waals surface area contributed by atoms with E-state index in [2.05, 4.69) is 0 Å². The number of carbonyl (C=O) groups is 1. The van der Waals surface area contributed by atoms with E-state index in [0.29, 0.717) is 19.0 Å². The van der Waals surface area contributed by atoms with Crippen LogP contribution in [0.15, 0.2) is 12.1 Å². The smallest absolute Gasteiger partial charge is 0.339 e. The summed E-state index contributed by atoms with van der Waals surface area (Å²) in [5, 5.41) is 19.4. The van der Waals surface area contributed by atoms with Gasteiger partial charge in [-0.1, -0.05) is 0 Å². The third-order valence-electron chi connectivity index (χ3n) is 2.46. The highest BCUT2D eigenvalue weighted by Gasteiger charge is 2.27. The monoisotopic (exact) mass is 254 g/mol. The summed E-state index contributed by atoms with van der Waals surface area (Å²) in [6.07, 6.45) is -1.51. The fourth-order valence-electron chi connectivity index (χ4n) is 1.72. The average Bonchev–Trinajstić information content (AvgIpc) is 2.37. The molecule has 2 N–H and O–H groups in total. The van der Waals surface area contributed by atoms with Gasteiger partial charge in [-0.05, 0) is 13.0 Å². The van der Waals surface area contributed by atoms with Crippen molar-refractivity contribution in [3.05, 3.63) is 17.7 Å². The van der Waals surface area contributed by atoms with E-state index in [1.807, 2.05) is 0 Å². The van der Waals surface area contributed by atoms with Gasteiger partial charge in [0.1, 0.15) is 19.0 Å².